The smallest absolute Gasteiger partial charge is 0.196 e. The molecule has 0 aliphatic rings. The first-order chi connectivity index (χ1) is 19.5. The quantitative estimate of drug-likeness (QED) is 0.220. The van der Waals surface area contributed by atoms with E-state index in [1.54, 1.807) is 67.8 Å². The Bertz CT molecular complexity index is 1920. The zero-order valence-electron chi connectivity index (χ0n) is 21.6. The Labute approximate surface area is 230 Å². The lowest BCUT2D eigenvalue weighted by molar-refractivity contribution is 0.102. The van der Waals surface area contributed by atoms with Gasteiger partial charge >= 0.3 is 0 Å². The van der Waals surface area contributed by atoms with E-state index in [0.717, 1.165) is 0 Å². The van der Waals surface area contributed by atoms with Crippen LogP contribution in [0.1, 0.15) is 31.8 Å². The minimum Gasteiger partial charge on any atom is -0.507 e. The molecular weight excluding hydrogens is 500 g/mol. The van der Waals surface area contributed by atoms with Crippen LogP contribution in [0.2, 0.25) is 0 Å². The van der Waals surface area contributed by atoms with Crippen LogP contribution in [0.3, 0.4) is 0 Å². The number of carbonyl (C=O) groups is 2. The van der Waals surface area contributed by atoms with Gasteiger partial charge in [-0.2, -0.15) is 0 Å². The van der Waals surface area contributed by atoms with E-state index >= 15 is 0 Å². The molecule has 0 aliphatic heterocycles. The van der Waals surface area contributed by atoms with Gasteiger partial charge in [-0.25, -0.2) is 0 Å². The van der Waals surface area contributed by atoms with Crippen molar-refractivity contribution in [2.75, 3.05) is 7.11 Å². The van der Waals surface area contributed by atoms with Crippen molar-refractivity contribution in [3.8, 4) is 28.4 Å². The maximum atomic E-state index is 13.7. The topological polar surface area (TPSA) is 83.8 Å². The van der Waals surface area contributed by atoms with Gasteiger partial charge in [-0.15, -0.1) is 0 Å². The van der Waals surface area contributed by atoms with Crippen molar-refractivity contribution in [2.24, 2.45) is 0 Å². The molecule has 0 aliphatic carbocycles. The molecule has 0 spiro atoms. The molecule has 0 heterocycles. The van der Waals surface area contributed by atoms with Gasteiger partial charge in [-0.3, -0.25) is 9.59 Å². The van der Waals surface area contributed by atoms with Crippen molar-refractivity contribution in [1.29, 1.82) is 0 Å². The molecule has 5 nitrogen and oxygen atoms in total. The van der Waals surface area contributed by atoms with Crippen LogP contribution in [0.15, 0.2) is 115 Å². The number of hydrogen-bond donors (Lipinski definition) is 2. The molecule has 2 N–H and O–H groups in total. The van der Waals surface area contributed by atoms with E-state index in [9.17, 15) is 19.8 Å². The summed E-state index contributed by atoms with van der Waals surface area (Å²) in [6.07, 6.45) is 0. The van der Waals surface area contributed by atoms with E-state index in [1.165, 1.54) is 0 Å². The van der Waals surface area contributed by atoms with Crippen molar-refractivity contribution in [2.45, 2.75) is 0 Å². The Hall–Kier alpha value is -5.42. The molecule has 0 bridgehead atoms. The van der Waals surface area contributed by atoms with E-state index in [1.807, 2.05) is 54.6 Å². The first-order valence-corrected chi connectivity index (χ1v) is 12.8. The van der Waals surface area contributed by atoms with Gasteiger partial charge in [0.1, 0.15) is 17.2 Å². The number of benzene rings is 6. The fraction of sp³-hybridized carbons (Fsp3) is 0.0286. The molecule has 6 aromatic carbocycles. The summed E-state index contributed by atoms with van der Waals surface area (Å²) in [7, 11) is 1.55. The number of phenolic OH excluding ortho intramolecular Hbond substituents is 2. The molecule has 194 valence electrons. The minimum absolute atomic E-state index is 0.0853. The number of fused-ring (bicyclic) bond motifs is 2. The number of rotatable bonds is 6. The van der Waals surface area contributed by atoms with Gasteiger partial charge in [0.05, 0.1) is 18.2 Å². The third-order valence-electron chi connectivity index (χ3n) is 7.17. The van der Waals surface area contributed by atoms with Crippen molar-refractivity contribution in [3.63, 3.8) is 0 Å². The summed E-state index contributed by atoms with van der Waals surface area (Å²) in [6, 6.07) is 33.4. The summed E-state index contributed by atoms with van der Waals surface area (Å²) < 4.78 is 5.21. The monoisotopic (exact) mass is 524 g/mol. The first-order valence-electron chi connectivity index (χ1n) is 12.8. The summed E-state index contributed by atoms with van der Waals surface area (Å²) in [4.78, 5) is 27.3. The normalized spacial score (nSPS) is 11.0. The number of methoxy groups -OCH3 is 1. The van der Waals surface area contributed by atoms with Gasteiger partial charge in [0.2, 0.25) is 0 Å². The number of carbonyl (C=O) groups excluding carboxylic acids is 2. The molecular formula is C35H24O5. The fourth-order valence-electron chi connectivity index (χ4n) is 5.17. The minimum atomic E-state index is -0.382. The van der Waals surface area contributed by atoms with E-state index in [2.05, 4.69) is 0 Å². The second kappa shape index (κ2) is 10.0. The highest BCUT2D eigenvalue weighted by Gasteiger charge is 2.26. The number of hydrogen-bond acceptors (Lipinski definition) is 5. The Morgan fingerprint density at radius 3 is 1.45 bits per heavy atom. The highest BCUT2D eigenvalue weighted by Crippen LogP contribution is 2.48. The molecule has 0 unspecified atom stereocenters. The van der Waals surface area contributed by atoms with Gasteiger partial charge in [-0.05, 0) is 57.9 Å². The molecule has 5 heteroatoms. The average Bonchev–Trinajstić information content (AvgIpc) is 3.01. The predicted molar refractivity (Wildman–Crippen MR) is 157 cm³/mol. The summed E-state index contributed by atoms with van der Waals surface area (Å²) in [5.74, 6) is -0.658. The van der Waals surface area contributed by atoms with Crippen LogP contribution in [0, 0.1) is 0 Å². The van der Waals surface area contributed by atoms with Crippen molar-refractivity contribution < 1.29 is 24.5 Å². The average molecular weight is 525 g/mol. The summed E-state index contributed by atoms with van der Waals surface area (Å²) in [6.45, 7) is 0. The Kier molecular flexibility index (Phi) is 6.25. The molecule has 0 amide bonds. The molecule has 0 fully saturated rings. The molecule has 6 rings (SSSR count). The molecule has 6 aromatic rings. The Balaban J connectivity index is 1.66. The van der Waals surface area contributed by atoms with Crippen LogP contribution in [-0.4, -0.2) is 28.9 Å². The van der Waals surface area contributed by atoms with Crippen LogP contribution >= 0.6 is 0 Å². The molecule has 0 saturated heterocycles. The second-order valence-electron chi connectivity index (χ2n) is 9.49. The van der Waals surface area contributed by atoms with Crippen LogP contribution in [0.5, 0.6) is 17.2 Å². The largest absolute Gasteiger partial charge is 0.507 e. The number of aromatic hydroxyl groups is 2. The lowest BCUT2D eigenvalue weighted by Gasteiger charge is -2.18. The van der Waals surface area contributed by atoms with E-state index < -0.39 is 0 Å². The zero-order valence-corrected chi connectivity index (χ0v) is 21.6. The third kappa shape index (κ3) is 4.14. The lowest BCUT2D eigenvalue weighted by Crippen LogP contribution is -2.05. The van der Waals surface area contributed by atoms with Crippen molar-refractivity contribution >= 4 is 33.1 Å². The standard InChI is InChI=1S/C35H24O5/c1-40-25-17-15-22(16-18-25)33(37)29-20-24-12-6-8-14-27(24)31(35(29)39)30-26-13-7-5-11-23(26)19-28(34(30)38)32(36)21-9-3-2-4-10-21/h2-20,38-39H,1H3. The summed E-state index contributed by atoms with van der Waals surface area (Å²) in [5, 5.41) is 26.2. The zero-order chi connectivity index (χ0) is 27.8. The maximum absolute atomic E-state index is 13.7. The highest BCUT2D eigenvalue weighted by atomic mass is 16.5. The van der Waals surface area contributed by atoms with Crippen molar-refractivity contribution in [1.82, 2.24) is 0 Å². The SMILES string of the molecule is COc1ccc(C(=O)c2cc3ccccc3c(-c3c(O)c(C(=O)c4ccccc4)cc4ccccc34)c2O)cc1. The van der Waals surface area contributed by atoms with Crippen LogP contribution in [0.4, 0.5) is 0 Å². The van der Waals surface area contributed by atoms with Gasteiger partial charge in [0, 0.05) is 22.3 Å². The summed E-state index contributed by atoms with van der Waals surface area (Å²) in [5.41, 5.74) is 1.56. The lowest BCUT2D eigenvalue weighted by atomic mass is 9.86. The second-order valence-corrected chi connectivity index (χ2v) is 9.49. The first kappa shape index (κ1) is 24.9. The third-order valence-corrected chi connectivity index (χ3v) is 7.17. The fourth-order valence-corrected chi connectivity index (χ4v) is 5.17. The highest BCUT2D eigenvalue weighted by molar-refractivity contribution is 6.21. The van der Waals surface area contributed by atoms with Crippen LogP contribution in [0.25, 0.3) is 32.7 Å². The van der Waals surface area contributed by atoms with Crippen LogP contribution in [-0.2, 0) is 0 Å². The van der Waals surface area contributed by atoms with Crippen LogP contribution < -0.4 is 4.74 Å². The molecule has 0 saturated carbocycles. The van der Waals surface area contributed by atoms with E-state index in [0.29, 0.717) is 38.4 Å². The number of ether oxygens (including phenoxy) is 1. The molecule has 0 radical (unpaired) electrons. The van der Waals surface area contributed by atoms with E-state index in [4.69, 9.17) is 4.74 Å². The van der Waals surface area contributed by atoms with Gasteiger partial charge in [0.15, 0.2) is 11.6 Å². The van der Waals surface area contributed by atoms with Gasteiger partial charge in [-0.1, -0.05) is 78.9 Å². The molecule has 40 heavy (non-hydrogen) atoms. The number of ketones is 2. The van der Waals surface area contributed by atoms with E-state index in [-0.39, 0.29) is 45.3 Å². The predicted octanol–water partition coefficient (Wildman–Crippen LogP) is 7.54. The van der Waals surface area contributed by atoms with Gasteiger partial charge in [0.25, 0.3) is 0 Å². The Morgan fingerprint density at radius 1 is 0.550 bits per heavy atom. The molecule has 0 aromatic heterocycles. The molecule has 0 atom stereocenters. The Morgan fingerprint density at radius 2 is 0.975 bits per heavy atom. The van der Waals surface area contributed by atoms with Gasteiger partial charge < -0.3 is 14.9 Å². The maximum Gasteiger partial charge on any atom is 0.196 e. The van der Waals surface area contributed by atoms with Crippen molar-refractivity contribution in [3.05, 3.63) is 138 Å². The number of phenols is 2. The summed E-state index contributed by atoms with van der Waals surface area (Å²) >= 11 is 0.